The first-order valence-corrected chi connectivity index (χ1v) is 6.92. The van der Waals surface area contributed by atoms with Crippen LogP contribution in [0.4, 0.5) is 11.4 Å². The first kappa shape index (κ1) is 13.9. The summed E-state index contributed by atoms with van der Waals surface area (Å²) in [5, 5.41) is 2.89. The number of nitrogens with two attached hydrogens (primary N) is 1. The number of benzene rings is 1. The molecule has 0 radical (unpaired) electrons. The maximum Gasteiger partial charge on any atom is 0.225 e. The van der Waals surface area contributed by atoms with E-state index in [2.05, 4.69) is 24.1 Å². The number of carbonyl (C=O) groups is 1. The molecule has 0 aliphatic carbocycles. The van der Waals surface area contributed by atoms with E-state index in [4.69, 9.17) is 5.73 Å². The molecule has 2 atom stereocenters. The van der Waals surface area contributed by atoms with Crippen LogP contribution in [0.5, 0.6) is 0 Å². The number of hydrogen-bond acceptors (Lipinski definition) is 3. The predicted octanol–water partition coefficient (Wildman–Crippen LogP) is 2.19. The summed E-state index contributed by atoms with van der Waals surface area (Å²) in [5.74, 6) is 1.54. The van der Waals surface area contributed by atoms with Gasteiger partial charge >= 0.3 is 0 Å². The van der Waals surface area contributed by atoms with Crippen molar-refractivity contribution in [1.29, 1.82) is 0 Å². The van der Waals surface area contributed by atoms with Gasteiger partial charge in [-0.15, -0.1) is 0 Å². The summed E-state index contributed by atoms with van der Waals surface area (Å²) in [6.07, 6.45) is 0.545. The van der Waals surface area contributed by atoms with Crippen LogP contribution in [-0.2, 0) is 4.79 Å². The van der Waals surface area contributed by atoms with Crippen molar-refractivity contribution in [3.05, 3.63) is 24.3 Å². The molecule has 2 unspecified atom stereocenters. The number of anilines is 2. The Kier molecular flexibility index (Phi) is 4.43. The highest BCUT2D eigenvalue weighted by Crippen LogP contribution is 2.22. The first-order chi connectivity index (χ1) is 9.04. The van der Waals surface area contributed by atoms with Crippen LogP contribution in [0.3, 0.4) is 0 Å². The van der Waals surface area contributed by atoms with Gasteiger partial charge in [0.1, 0.15) is 0 Å². The molecule has 0 aromatic heterocycles. The molecule has 1 heterocycles. The lowest BCUT2D eigenvalue weighted by molar-refractivity contribution is -0.116. The van der Waals surface area contributed by atoms with E-state index in [1.165, 1.54) is 0 Å². The van der Waals surface area contributed by atoms with E-state index in [1.807, 2.05) is 12.1 Å². The quantitative estimate of drug-likeness (QED) is 0.817. The van der Waals surface area contributed by atoms with E-state index >= 15 is 0 Å². The fourth-order valence-electron chi connectivity index (χ4n) is 2.48. The number of likely N-dealkylation sites (tertiary alicyclic amines) is 1. The van der Waals surface area contributed by atoms with Gasteiger partial charge in [0.05, 0.1) is 0 Å². The number of carbonyl (C=O) groups excluding carboxylic acids is 1. The second kappa shape index (κ2) is 6.06. The molecule has 104 valence electrons. The summed E-state index contributed by atoms with van der Waals surface area (Å²) >= 11 is 0. The van der Waals surface area contributed by atoms with Crippen molar-refractivity contribution >= 4 is 17.3 Å². The second-order valence-electron chi connectivity index (χ2n) is 5.63. The number of rotatable bonds is 4. The monoisotopic (exact) mass is 261 g/mol. The molecule has 0 bridgehead atoms. The molecule has 1 fully saturated rings. The lowest BCUT2D eigenvalue weighted by Crippen LogP contribution is -2.26. The number of nitrogen functional groups attached to an aromatic ring is 1. The van der Waals surface area contributed by atoms with Crippen molar-refractivity contribution < 1.29 is 4.79 Å². The Morgan fingerprint density at radius 3 is 2.42 bits per heavy atom. The molecular formula is C15H23N3O. The lowest BCUT2D eigenvalue weighted by Gasteiger charge is -2.14. The molecule has 2 rings (SSSR count). The highest BCUT2D eigenvalue weighted by atomic mass is 16.1. The van der Waals surface area contributed by atoms with Crippen LogP contribution in [0.2, 0.25) is 0 Å². The summed E-state index contributed by atoms with van der Waals surface area (Å²) in [5.41, 5.74) is 7.12. The predicted molar refractivity (Wildman–Crippen MR) is 78.9 cm³/mol. The average molecular weight is 261 g/mol. The van der Waals surface area contributed by atoms with E-state index in [-0.39, 0.29) is 5.91 Å². The third-order valence-electron chi connectivity index (χ3n) is 3.91. The van der Waals surface area contributed by atoms with Crippen molar-refractivity contribution in [3.63, 3.8) is 0 Å². The van der Waals surface area contributed by atoms with Crippen molar-refractivity contribution in [3.8, 4) is 0 Å². The van der Waals surface area contributed by atoms with Gasteiger partial charge in [0.15, 0.2) is 0 Å². The molecule has 0 saturated carbocycles. The largest absolute Gasteiger partial charge is 0.399 e. The van der Waals surface area contributed by atoms with E-state index in [1.54, 1.807) is 12.1 Å². The van der Waals surface area contributed by atoms with Gasteiger partial charge < -0.3 is 16.0 Å². The van der Waals surface area contributed by atoms with Crippen molar-refractivity contribution in [1.82, 2.24) is 4.90 Å². The van der Waals surface area contributed by atoms with Crippen LogP contribution in [0.1, 0.15) is 20.3 Å². The average Bonchev–Trinajstić information content (AvgIpc) is 2.69. The summed E-state index contributed by atoms with van der Waals surface area (Å²) in [4.78, 5) is 14.2. The molecule has 3 N–H and O–H groups in total. The van der Waals surface area contributed by atoms with Crippen LogP contribution in [0, 0.1) is 11.8 Å². The van der Waals surface area contributed by atoms with Gasteiger partial charge in [-0.1, -0.05) is 13.8 Å². The Morgan fingerprint density at radius 2 is 1.84 bits per heavy atom. The first-order valence-electron chi connectivity index (χ1n) is 6.92. The third-order valence-corrected chi connectivity index (χ3v) is 3.91. The van der Waals surface area contributed by atoms with E-state index in [0.717, 1.165) is 37.2 Å². The summed E-state index contributed by atoms with van der Waals surface area (Å²) in [6, 6.07) is 7.24. The Labute approximate surface area is 115 Å². The molecule has 1 saturated heterocycles. The topological polar surface area (TPSA) is 58.4 Å². The van der Waals surface area contributed by atoms with E-state index < -0.39 is 0 Å². The Hall–Kier alpha value is -1.55. The summed E-state index contributed by atoms with van der Waals surface area (Å²) in [6.45, 7) is 7.61. The van der Waals surface area contributed by atoms with E-state index in [9.17, 15) is 4.79 Å². The Morgan fingerprint density at radius 1 is 1.26 bits per heavy atom. The maximum absolute atomic E-state index is 11.8. The molecule has 4 heteroatoms. The smallest absolute Gasteiger partial charge is 0.225 e. The molecule has 1 amide bonds. The fourth-order valence-corrected chi connectivity index (χ4v) is 2.48. The molecule has 4 nitrogen and oxygen atoms in total. The lowest BCUT2D eigenvalue weighted by atomic mass is 10.0. The molecule has 1 aliphatic rings. The van der Waals surface area contributed by atoms with Crippen molar-refractivity contribution in [2.24, 2.45) is 11.8 Å². The van der Waals surface area contributed by atoms with Crippen LogP contribution in [-0.4, -0.2) is 30.4 Å². The number of nitrogens with zero attached hydrogens (tertiary/aromatic N) is 1. The van der Waals surface area contributed by atoms with Gasteiger partial charge in [-0.2, -0.15) is 0 Å². The van der Waals surface area contributed by atoms with E-state index in [0.29, 0.717) is 12.1 Å². The Bertz CT molecular complexity index is 420. The van der Waals surface area contributed by atoms with Gasteiger partial charge in [-0.3, -0.25) is 4.79 Å². The fraction of sp³-hybridized carbons (Fsp3) is 0.533. The molecule has 1 aliphatic heterocycles. The number of hydrogen-bond donors (Lipinski definition) is 2. The van der Waals surface area contributed by atoms with Gasteiger partial charge in [-0.05, 0) is 36.1 Å². The number of nitrogens with one attached hydrogen (secondary N) is 1. The molecule has 1 aromatic rings. The standard InChI is InChI=1S/C15H23N3O/c1-11-9-18(10-12(11)2)8-7-15(19)17-14-5-3-13(16)4-6-14/h3-6,11-12H,7-10,16H2,1-2H3,(H,17,19). The van der Waals surface area contributed by atoms with Crippen molar-refractivity contribution in [2.75, 3.05) is 30.7 Å². The van der Waals surface area contributed by atoms with Gasteiger partial charge in [0, 0.05) is 37.4 Å². The Balaban J connectivity index is 1.74. The minimum Gasteiger partial charge on any atom is -0.399 e. The van der Waals surface area contributed by atoms with Gasteiger partial charge in [0.25, 0.3) is 0 Å². The SMILES string of the molecule is CC1CN(CCC(=O)Nc2ccc(N)cc2)CC1C. The molecule has 1 aromatic carbocycles. The normalized spacial score (nSPS) is 23.5. The van der Waals surface area contributed by atoms with Crippen LogP contribution >= 0.6 is 0 Å². The van der Waals surface area contributed by atoms with Crippen LogP contribution in [0.15, 0.2) is 24.3 Å². The minimum absolute atomic E-state index is 0.0666. The van der Waals surface area contributed by atoms with Crippen molar-refractivity contribution in [2.45, 2.75) is 20.3 Å². The molecule has 19 heavy (non-hydrogen) atoms. The third kappa shape index (κ3) is 3.96. The zero-order chi connectivity index (χ0) is 13.8. The molecule has 0 spiro atoms. The van der Waals surface area contributed by atoms with Crippen LogP contribution in [0.25, 0.3) is 0 Å². The number of amides is 1. The zero-order valence-corrected chi connectivity index (χ0v) is 11.7. The molecular weight excluding hydrogens is 238 g/mol. The highest BCUT2D eigenvalue weighted by molar-refractivity contribution is 5.90. The zero-order valence-electron chi connectivity index (χ0n) is 11.7. The second-order valence-corrected chi connectivity index (χ2v) is 5.63. The van der Waals surface area contributed by atoms with Gasteiger partial charge in [0.2, 0.25) is 5.91 Å². The highest BCUT2D eigenvalue weighted by Gasteiger charge is 2.25. The summed E-state index contributed by atoms with van der Waals surface area (Å²) < 4.78 is 0. The minimum atomic E-state index is 0.0666. The van der Waals surface area contributed by atoms with Gasteiger partial charge in [-0.25, -0.2) is 0 Å². The summed E-state index contributed by atoms with van der Waals surface area (Å²) in [7, 11) is 0. The maximum atomic E-state index is 11.8. The van der Waals surface area contributed by atoms with Crippen LogP contribution < -0.4 is 11.1 Å².